The number of nitrogens with zero attached hydrogens (tertiary/aromatic N) is 5. The molecule has 0 bridgehead atoms. The monoisotopic (exact) mass is 659 g/mol. The summed E-state index contributed by atoms with van der Waals surface area (Å²) >= 11 is 0. The van der Waals surface area contributed by atoms with Crippen molar-refractivity contribution < 1.29 is 24.0 Å². The minimum atomic E-state index is -0.970. The highest BCUT2D eigenvalue weighted by Crippen LogP contribution is 2.19. The summed E-state index contributed by atoms with van der Waals surface area (Å²) in [5, 5.41) is 15.8. The number of aromatic nitrogens is 4. The third-order valence-electron chi connectivity index (χ3n) is 7.85. The van der Waals surface area contributed by atoms with Crippen LogP contribution >= 0.6 is 0 Å². The number of amides is 5. The Bertz CT molecular complexity index is 1560. The second-order valence-corrected chi connectivity index (χ2v) is 12.4. The van der Waals surface area contributed by atoms with Gasteiger partial charge in [-0.3, -0.25) is 29.0 Å². The molecule has 48 heavy (non-hydrogen) atoms. The van der Waals surface area contributed by atoms with Crippen LogP contribution in [-0.2, 0) is 36.9 Å². The van der Waals surface area contributed by atoms with E-state index in [1.54, 1.807) is 25.4 Å². The summed E-state index contributed by atoms with van der Waals surface area (Å²) in [6.07, 6.45) is 4.68. The highest BCUT2D eigenvalue weighted by atomic mass is 16.2. The van der Waals surface area contributed by atoms with Crippen molar-refractivity contribution in [2.45, 2.75) is 78.0 Å². The molecule has 0 saturated carbocycles. The van der Waals surface area contributed by atoms with E-state index in [-0.39, 0.29) is 50.3 Å². The molecule has 1 aromatic carbocycles. The number of pyridine rings is 1. The SMILES string of the molecule is CC(C)C[C@H]1NC(=O)[C@@H](C)NC(=O)CN(C(=O)CCc2cccnc2)CCCNC(=O)Cn2nc(-c3ccccc3)nc2[C@H](C)NC1=O. The van der Waals surface area contributed by atoms with Crippen molar-refractivity contribution in [2.24, 2.45) is 5.92 Å². The maximum Gasteiger partial charge on any atom is 0.243 e. The maximum absolute atomic E-state index is 13.6. The predicted molar refractivity (Wildman–Crippen MR) is 178 cm³/mol. The molecule has 3 heterocycles. The zero-order valence-electron chi connectivity index (χ0n) is 27.9. The van der Waals surface area contributed by atoms with E-state index in [0.29, 0.717) is 30.9 Å². The van der Waals surface area contributed by atoms with E-state index in [1.807, 2.05) is 50.2 Å². The van der Waals surface area contributed by atoms with Gasteiger partial charge >= 0.3 is 0 Å². The van der Waals surface area contributed by atoms with Crippen molar-refractivity contribution in [3.8, 4) is 11.4 Å². The third-order valence-corrected chi connectivity index (χ3v) is 7.85. The molecule has 5 amide bonds. The molecule has 14 nitrogen and oxygen atoms in total. The standard InChI is InChI=1S/C34H45N9O5/c1-22(2)18-27-34(48)38-23(3)32-40-31(26-11-6-5-7-12-26)41-43(32)21-28(44)36-16-9-17-42(20-29(45)37-24(4)33(47)39-27)30(46)14-13-25-10-8-15-35-19-25/h5-8,10-12,15,19,22-24,27H,9,13-14,16-18,20-21H2,1-4H3,(H,36,44)(H,37,45)(H,38,48)(H,39,47)/t23-,24+,27+/m0/s1. The molecule has 2 aromatic heterocycles. The van der Waals surface area contributed by atoms with Crippen LogP contribution in [0.1, 0.15) is 64.4 Å². The van der Waals surface area contributed by atoms with Gasteiger partial charge in [0.15, 0.2) is 5.82 Å². The van der Waals surface area contributed by atoms with Crippen LogP contribution in [0.3, 0.4) is 0 Å². The molecule has 0 spiro atoms. The van der Waals surface area contributed by atoms with Gasteiger partial charge in [0.2, 0.25) is 29.5 Å². The minimum Gasteiger partial charge on any atom is -0.354 e. The smallest absolute Gasteiger partial charge is 0.243 e. The molecule has 4 rings (SSSR count). The van der Waals surface area contributed by atoms with Crippen LogP contribution < -0.4 is 21.3 Å². The molecular weight excluding hydrogens is 614 g/mol. The van der Waals surface area contributed by atoms with Crippen LogP contribution in [-0.4, -0.2) is 85.9 Å². The van der Waals surface area contributed by atoms with Crippen LogP contribution in [0.5, 0.6) is 0 Å². The molecule has 1 aliphatic heterocycles. The van der Waals surface area contributed by atoms with E-state index < -0.39 is 35.8 Å². The first-order valence-electron chi connectivity index (χ1n) is 16.3. The lowest BCUT2D eigenvalue weighted by Crippen LogP contribution is -2.54. The Hall–Kier alpha value is -5.14. The molecule has 256 valence electrons. The van der Waals surface area contributed by atoms with Crippen LogP contribution in [0.4, 0.5) is 0 Å². The molecule has 3 atom stereocenters. The lowest BCUT2D eigenvalue weighted by atomic mass is 10.0. The Morgan fingerprint density at radius 1 is 0.917 bits per heavy atom. The predicted octanol–water partition coefficient (Wildman–Crippen LogP) is 1.53. The first-order valence-corrected chi connectivity index (χ1v) is 16.3. The first-order chi connectivity index (χ1) is 23.0. The van der Waals surface area contributed by atoms with Crippen LogP contribution in [0.15, 0.2) is 54.9 Å². The molecule has 0 unspecified atom stereocenters. The van der Waals surface area contributed by atoms with Gasteiger partial charge in [0.1, 0.15) is 24.5 Å². The summed E-state index contributed by atoms with van der Waals surface area (Å²) < 4.78 is 1.46. The number of fused-ring (bicyclic) bond motifs is 1. The fourth-order valence-corrected chi connectivity index (χ4v) is 5.34. The molecule has 3 aromatic rings. The summed E-state index contributed by atoms with van der Waals surface area (Å²) in [4.78, 5) is 76.4. The minimum absolute atomic E-state index is 0.0612. The summed E-state index contributed by atoms with van der Waals surface area (Å²) in [6.45, 7) is 7.16. The van der Waals surface area contributed by atoms with Gasteiger partial charge in [0, 0.05) is 37.5 Å². The Balaban J connectivity index is 1.58. The lowest BCUT2D eigenvalue weighted by molar-refractivity contribution is -0.137. The number of carbonyl (C=O) groups excluding carboxylic acids is 5. The number of aryl methyl sites for hydroxylation is 1. The Labute approximate surface area is 280 Å². The second-order valence-electron chi connectivity index (χ2n) is 12.4. The van der Waals surface area contributed by atoms with Crippen molar-refractivity contribution in [1.29, 1.82) is 0 Å². The zero-order valence-corrected chi connectivity index (χ0v) is 27.9. The largest absolute Gasteiger partial charge is 0.354 e. The number of nitrogens with one attached hydrogen (secondary N) is 4. The van der Waals surface area contributed by atoms with Gasteiger partial charge < -0.3 is 26.2 Å². The van der Waals surface area contributed by atoms with Crippen molar-refractivity contribution in [3.05, 3.63) is 66.2 Å². The number of benzene rings is 1. The molecule has 0 aliphatic carbocycles. The summed E-state index contributed by atoms with van der Waals surface area (Å²) in [5.41, 5.74) is 1.64. The average Bonchev–Trinajstić information content (AvgIpc) is 3.48. The third kappa shape index (κ3) is 10.4. The van der Waals surface area contributed by atoms with Crippen LogP contribution in [0.2, 0.25) is 0 Å². The first kappa shape index (κ1) is 35.7. The molecule has 0 saturated heterocycles. The van der Waals surface area contributed by atoms with Crippen molar-refractivity contribution in [1.82, 2.24) is 45.9 Å². The molecule has 0 radical (unpaired) electrons. The molecule has 4 N–H and O–H groups in total. The van der Waals surface area contributed by atoms with Gasteiger partial charge in [-0.2, -0.15) is 5.10 Å². The number of rotatable bonds is 6. The van der Waals surface area contributed by atoms with Gasteiger partial charge in [-0.05, 0) is 50.7 Å². The van der Waals surface area contributed by atoms with Crippen LogP contribution in [0, 0.1) is 5.92 Å². The normalized spacial score (nSPS) is 20.4. The van der Waals surface area contributed by atoms with Crippen LogP contribution in [0.25, 0.3) is 11.4 Å². The van der Waals surface area contributed by atoms with E-state index >= 15 is 0 Å². The fraction of sp³-hybridized carbons (Fsp3) is 0.471. The zero-order chi connectivity index (χ0) is 34.6. The number of carbonyl (C=O) groups is 5. The maximum atomic E-state index is 13.6. The van der Waals surface area contributed by atoms with E-state index in [0.717, 1.165) is 11.1 Å². The van der Waals surface area contributed by atoms with Gasteiger partial charge in [-0.25, -0.2) is 9.67 Å². The van der Waals surface area contributed by atoms with Gasteiger partial charge in [0.05, 0.1) is 12.6 Å². The summed E-state index contributed by atoms with van der Waals surface area (Å²) in [6, 6.07) is 10.4. The van der Waals surface area contributed by atoms with Gasteiger partial charge in [0.25, 0.3) is 0 Å². The Morgan fingerprint density at radius 3 is 2.40 bits per heavy atom. The molecule has 0 fully saturated rings. The van der Waals surface area contributed by atoms with E-state index in [2.05, 4.69) is 36.3 Å². The van der Waals surface area contributed by atoms with Crippen molar-refractivity contribution >= 4 is 29.5 Å². The number of hydrogen-bond acceptors (Lipinski definition) is 8. The second kappa shape index (κ2) is 17.1. The van der Waals surface area contributed by atoms with E-state index in [4.69, 9.17) is 0 Å². The Kier molecular flexibility index (Phi) is 12.7. The Morgan fingerprint density at radius 2 is 1.69 bits per heavy atom. The van der Waals surface area contributed by atoms with E-state index in [9.17, 15) is 24.0 Å². The molecular formula is C34H45N9O5. The van der Waals surface area contributed by atoms with Gasteiger partial charge in [-0.1, -0.05) is 50.2 Å². The lowest BCUT2D eigenvalue weighted by Gasteiger charge is -2.25. The quantitative estimate of drug-likeness (QED) is 0.308. The topological polar surface area (TPSA) is 180 Å². The fourth-order valence-electron chi connectivity index (χ4n) is 5.34. The summed E-state index contributed by atoms with van der Waals surface area (Å²) in [5.74, 6) is -1.23. The highest BCUT2D eigenvalue weighted by molar-refractivity contribution is 5.93. The molecule has 1 aliphatic rings. The summed E-state index contributed by atoms with van der Waals surface area (Å²) in [7, 11) is 0. The molecule has 14 heteroatoms. The number of hydrogen-bond donors (Lipinski definition) is 4. The van der Waals surface area contributed by atoms with Crippen molar-refractivity contribution in [2.75, 3.05) is 19.6 Å². The highest BCUT2D eigenvalue weighted by Gasteiger charge is 2.29. The average molecular weight is 660 g/mol. The van der Waals surface area contributed by atoms with Gasteiger partial charge in [-0.15, -0.1) is 0 Å². The van der Waals surface area contributed by atoms with E-state index in [1.165, 1.54) is 16.5 Å². The van der Waals surface area contributed by atoms with Crippen molar-refractivity contribution in [3.63, 3.8) is 0 Å².